The average molecular weight is 365 g/mol. The second-order valence-electron chi connectivity index (χ2n) is 5.06. The molecule has 0 atom stereocenters. The minimum absolute atomic E-state index is 0.117. The van der Waals surface area contributed by atoms with Crippen LogP contribution in [0.1, 0.15) is 0 Å². The van der Waals surface area contributed by atoms with E-state index < -0.39 is 12.7 Å². The Bertz CT molecular complexity index is 971. The van der Waals surface area contributed by atoms with Crippen LogP contribution in [0.25, 0.3) is 16.9 Å². The maximum Gasteiger partial charge on any atom is 0.494 e. The molecule has 7 nitrogen and oxygen atoms in total. The van der Waals surface area contributed by atoms with Crippen molar-refractivity contribution >= 4 is 35.8 Å². The van der Waals surface area contributed by atoms with Gasteiger partial charge < -0.3 is 14.6 Å². The highest BCUT2D eigenvalue weighted by Crippen LogP contribution is 2.28. The van der Waals surface area contributed by atoms with Gasteiger partial charge in [-0.05, 0) is 24.3 Å². The predicted octanol–water partition coefficient (Wildman–Crippen LogP) is 0.620. The molecule has 0 saturated heterocycles. The molecule has 0 bridgehead atoms. The van der Waals surface area contributed by atoms with E-state index in [0.29, 0.717) is 22.0 Å². The average Bonchev–Trinajstić information content (AvgIpc) is 2.96. The third-order valence-corrected chi connectivity index (χ3v) is 3.97. The smallest absolute Gasteiger partial charge is 0.423 e. The summed E-state index contributed by atoms with van der Waals surface area (Å²) in [6, 6.07) is 8.05. The second-order valence-corrected chi connectivity index (χ2v) is 5.88. The third kappa shape index (κ3) is 2.96. The van der Waals surface area contributed by atoms with Gasteiger partial charge in [0.05, 0.1) is 17.6 Å². The van der Waals surface area contributed by atoms with Gasteiger partial charge in [-0.25, -0.2) is 4.68 Å². The summed E-state index contributed by atoms with van der Waals surface area (Å²) in [6.07, 6.45) is 1.53. The number of aromatic nitrogens is 4. The normalized spacial score (nSPS) is 10.9. The van der Waals surface area contributed by atoms with Crippen LogP contribution in [0.5, 0.6) is 0 Å². The molecule has 0 fully saturated rings. The van der Waals surface area contributed by atoms with Crippen molar-refractivity contribution in [3.8, 4) is 16.9 Å². The summed E-state index contributed by atoms with van der Waals surface area (Å²) in [4.78, 5) is 12.3. The molecule has 2 N–H and O–H groups in total. The van der Waals surface area contributed by atoms with Crippen molar-refractivity contribution in [1.29, 1.82) is 0 Å². The number of pyridine rings is 1. The Morgan fingerprint density at radius 3 is 2.54 bits per heavy atom. The fraction of sp³-hybridized carbons (Fsp3) is 0.0714. The first kappa shape index (κ1) is 16.7. The molecule has 0 saturated carbocycles. The highest BCUT2D eigenvalue weighted by Gasteiger charge is 2.19. The van der Waals surface area contributed by atoms with Gasteiger partial charge in [0, 0.05) is 23.1 Å². The molecule has 0 spiro atoms. The minimum atomic E-state index is -1.84. The highest BCUT2D eigenvalue weighted by molar-refractivity contribution is 6.58. The summed E-state index contributed by atoms with van der Waals surface area (Å²) in [5, 5.41) is 26.9. The molecular formula is C14H11BCl2N4O3. The first-order valence-electron chi connectivity index (χ1n) is 6.82. The molecular weight excluding hydrogens is 354 g/mol. The Morgan fingerprint density at radius 1 is 1.17 bits per heavy atom. The van der Waals surface area contributed by atoms with Crippen LogP contribution in [0.4, 0.5) is 0 Å². The molecule has 1 aromatic carbocycles. The first-order valence-corrected chi connectivity index (χ1v) is 7.58. The summed E-state index contributed by atoms with van der Waals surface area (Å²) in [5.41, 5.74) is 1.11. The standard InChI is InChI=1S/C14H11BCl2N4O3/c1-20-11(5-3-10(14(20)22)15(23)24)9-6-8(16)2-4-12(9)21-7-13(17)18-19-21/h2-7,23-24H,1H3. The van der Waals surface area contributed by atoms with Crippen LogP contribution in [0, 0.1) is 0 Å². The number of hydrogen-bond donors (Lipinski definition) is 2. The lowest BCUT2D eigenvalue weighted by atomic mass is 9.81. The Kier molecular flexibility index (Phi) is 4.46. The van der Waals surface area contributed by atoms with Gasteiger partial charge in [-0.15, -0.1) is 5.10 Å². The Balaban J connectivity index is 2.25. The predicted molar refractivity (Wildman–Crippen MR) is 91.9 cm³/mol. The van der Waals surface area contributed by atoms with E-state index in [1.54, 1.807) is 24.3 Å². The van der Waals surface area contributed by atoms with Gasteiger partial charge in [0.15, 0.2) is 5.15 Å². The van der Waals surface area contributed by atoms with Crippen molar-refractivity contribution in [1.82, 2.24) is 19.6 Å². The lowest BCUT2D eigenvalue weighted by molar-refractivity contribution is 0.425. The maximum atomic E-state index is 12.3. The minimum Gasteiger partial charge on any atom is -0.423 e. The topological polar surface area (TPSA) is 93.2 Å². The fourth-order valence-electron chi connectivity index (χ4n) is 2.40. The van der Waals surface area contributed by atoms with Crippen LogP contribution < -0.4 is 11.0 Å². The quantitative estimate of drug-likeness (QED) is 0.664. The zero-order valence-electron chi connectivity index (χ0n) is 12.4. The van der Waals surface area contributed by atoms with Gasteiger partial charge in [0.2, 0.25) is 0 Å². The molecule has 0 aliphatic carbocycles. The molecule has 2 heterocycles. The summed E-state index contributed by atoms with van der Waals surface area (Å²) < 4.78 is 2.77. The molecule has 0 aliphatic heterocycles. The van der Waals surface area contributed by atoms with E-state index in [1.807, 2.05) is 0 Å². The molecule has 0 aliphatic rings. The van der Waals surface area contributed by atoms with Crippen molar-refractivity contribution in [2.24, 2.45) is 7.05 Å². The fourth-order valence-corrected chi connectivity index (χ4v) is 2.69. The zero-order chi connectivity index (χ0) is 17.4. The SMILES string of the molecule is Cn1c(-c2cc(Cl)ccc2-n2cc(Cl)nn2)ccc(B(O)O)c1=O. The van der Waals surface area contributed by atoms with E-state index in [1.165, 1.54) is 28.6 Å². The lowest BCUT2D eigenvalue weighted by Crippen LogP contribution is -2.45. The molecule has 24 heavy (non-hydrogen) atoms. The van der Waals surface area contributed by atoms with Crippen molar-refractivity contribution < 1.29 is 10.0 Å². The monoisotopic (exact) mass is 364 g/mol. The van der Waals surface area contributed by atoms with Crippen LogP contribution >= 0.6 is 23.2 Å². The maximum absolute atomic E-state index is 12.3. The second kappa shape index (κ2) is 6.41. The highest BCUT2D eigenvalue weighted by atomic mass is 35.5. The van der Waals surface area contributed by atoms with E-state index in [4.69, 9.17) is 23.2 Å². The molecule has 10 heteroatoms. The number of rotatable bonds is 3. The van der Waals surface area contributed by atoms with E-state index in [2.05, 4.69) is 10.3 Å². The first-order chi connectivity index (χ1) is 11.4. The molecule has 0 amide bonds. The third-order valence-electron chi connectivity index (χ3n) is 3.56. The van der Waals surface area contributed by atoms with Gasteiger partial charge in [-0.1, -0.05) is 34.5 Å². The molecule has 122 valence electrons. The van der Waals surface area contributed by atoms with Crippen LogP contribution in [-0.4, -0.2) is 36.7 Å². The Labute approximate surface area is 146 Å². The van der Waals surface area contributed by atoms with E-state index in [-0.39, 0.29) is 10.6 Å². The Morgan fingerprint density at radius 2 is 1.92 bits per heavy atom. The van der Waals surface area contributed by atoms with Crippen molar-refractivity contribution in [2.75, 3.05) is 0 Å². The van der Waals surface area contributed by atoms with Crippen LogP contribution in [0.3, 0.4) is 0 Å². The number of halogens is 2. The summed E-state index contributed by atoms with van der Waals surface area (Å²) in [6.45, 7) is 0. The largest absolute Gasteiger partial charge is 0.494 e. The Hall–Kier alpha value is -2.13. The van der Waals surface area contributed by atoms with Crippen LogP contribution in [0.15, 0.2) is 41.3 Å². The van der Waals surface area contributed by atoms with Crippen molar-refractivity contribution in [2.45, 2.75) is 0 Å². The van der Waals surface area contributed by atoms with Gasteiger partial charge >= 0.3 is 7.12 Å². The molecule has 3 aromatic rings. The van der Waals surface area contributed by atoms with Crippen LogP contribution in [0.2, 0.25) is 10.2 Å². The van der Waals surface area contributed by atoms with Gasteiger partial charge in [0.25, 0.3) is 5.56 Å². The number of hydrogen-bond acceptors (Lipinski definition) is 5. The summed E-state index contributed by atoms with van der Waals surface area (Å²) in [7, 11) is -0.312. The van der Waals surface area contributed by atoms with Crippen LogP contribution in [-0.2, 0) is 7.05 Å². The van der Waals surface area contributed by atoms with Crippen molar-refractivity contribution in [3.05, 3.63) is 57.1 Å². The van der Waals surface area contributed by atoms with Gasteiger partial charge in [-0.3, -0.25) is 4.79 Å². The van der Waals surface area contributed by atoms with Crippen molar-refractivity contribution in [3.63, 3.8) is 0 Å². The van der Waals surface area contributed by atoms with E-state index in [9.17, 15) is 14.8 Å². The molecule has 2 aromatic heterocycles. The van der Waals surface area contributed by atoms with E-state index >= 15 is 0 Å². The summed E-state index contributed by atoms with van der Waals surface area (Å²) in [5.74, 6) is 0. The zero-order valence-corrected chi connectivity index (χ0v) is 13.9. The van der Waals surface area contributed by atoms with E-state index in [0.717, 1.165) is 0 Å². The number of benzene rings is 1. The molecule has 0 unspecified atom stereocenters. The molecule has 3 rings (SSSR count). The molecule has 0 radical (unpaired) electrons. The van der Waals surface area contributed by atoms with Gasteiger partial charge in [0.1, 0.15) is 0 Å². The number of nitrogens with zero attached hydrogens (tertiary/aromatic N) is 4. The van der Waals surface area contributed by atoms with Gasteiger partial charge in [-0.2, -0.15) is 0 Å². The lowest BCUT2D eigenvalue weighted by Gasteiger charge is -2.14. The summed E-state index contributed by atoms with van der Waals surface area (Å²) >= 11 is 11.9.